The Bertz CT molecular complexity index is 553. The van der Waals surface area contributed by atoms with Crippen LogP contribution >= 0.6 is 11.3 Å². The van der Waals surface area contributed by atoms with Crippen molar-refractivity contribution in [2.75, 3.05) is 5.32 Å². The Morgan fingerprint density at radius 2 is 2.26 bits per heavy atom. The van der Waals surface area contributed by atoms with E-state index in [2.05, 4.69) is 20.6 Å². The number of carbonyl (C=O) groups is 1. The summed E-state index contributed by atoms with van der Waals surface area (Å²) < 4.78 is 0. The molecule has 0 aliphatic carbocycles. The maximum Gasteiger partial charge on any atom is 0.320 e. The zero-order chi connectivity index (χ0) is 13.7. The van der Waals surface area contributed by atoms with Crippen molar-refractivity contribution in [3.8, 4) is 0 Å². The highest BCUT2D eigenvalue weighted by atomic mass is 32.1. The van der Waals surface area contributed by atoms with Crippen LogP contribution in [0.5, 0.6) is 0 Å². The van der Waals surface area contributed by atoms with Gasteiger partial charge in [-0.05, 0) is 25.5 Å². The predicted octanol–water partition coefficient (Wildman–Crippen LogP) is 2.73. The van der Waals surface area contributed by atoms with Crippen molar-refractivity contribution in [2.24, 2.45) is 0 Å². The molecule has 2 aromatic heterocycles. The Labute approximate surface area is 116 Å². The number of carbonyl (C=O) groups excluding carboxylic acids is 1. The Balaban J connectivity index is 1.89. The smallest absolute Gasteiger partial charge is 0.320 e. The second-order valence-electron chi connectivity index (χ2n) is 4.00. The largest absolute Gasteiger partial charge is 0.332 e. The monoisotopic (exact) mass is 276 g/mol. The maximum absolute atomic E-state index is 11.8. The topological polar surface area (TPSA) is 66.9 Å². The SMILES string of the molecule is CCc1nc(C)c(NC(=O)NCc2ccccn2)s1. The van der Waals surface area contributed by atoms with E-state index in [0.29, 0.717) is 6.54 Å². The number of aryl methyl sites for hydroxylation is 2. The van der Waals surface area contributed by atoms with E-state index in [1.165, 1.54) is 11.3 Å². The molecule has 0 radical (unpaired) electrons. The molecule has 100 valence electrons. The normalized spacial score (nSPS) is 10.2. The standard InChI is InChI=1S/C13H16N4OS/c1-3-11-16-9(2)12(19-11)17-13(18)15-8-10-6-4-5-7-14-10/h4-7H,3,8H2,1-2H3,(H2,15,17,18). The number of nitrogens with zero attached hydrogens (tertiary/aromatic N) is 2. The maximum atomic E-state index is 11.8. The molecule has 0 aromatic carbocycles. The number of urea groups is 1. The Kier molecular flexibility index (Phi) is 4.46. The van der Waals surface area contributed by atoms with E-state index in [9.17, 15) is 4.79 Å². The van der Waals surface area contributed by atoms with Crippen LogP contribution in [0, 0.1) is 6.92 Å². The van der Waals surface area contributed by atoms with Gasteiger partial charge in [0.05, 0.1) is 22.9 Å². The van der Waals surface area contributed by atoms with Crippen molar-refractivity contribution >= 4 is 22.4 Å². The average molecular weight is 276 g/mol. The molecular formula is C13H16N4OS. The van der Waals surface area contributed by atoms with E-state index >= 15 is 0 Å². The number of nitrogens with one attached hydrogen (secondary N) is 2. The van der Waals surface area contributed by atoms with Crippen LogP contribution in [0.4, 0.5) is 9.80 Å². The molecule has 0 saturated carbocycles. The van der Waals surface area contributed by atoms with Crippen molar-refractivity contribution in [1.82, 2.24) is 15.3 Å². The third-order valence-electron chi connectivity index (χ3n) is 2.53. The van der Waals surface area contributed by atoms with Crippen LogP contribution in [0.3, 0.4) is 0 Å². The summed E-state index contributed by atoms with van der Waals surface area (Å²) in [6.45, 7) is 4.35. The molecule has 0 spiro atoms. The molecule has 2 heterocycles. The minimum absolute atomic E-state index is 0.236. The van der Waals surface area contributed by atoms with Crippen LogP contribution in [0.1, 0.15) is 23.3 Å². The summed E-state index contributed by atoms with van der Waals surface area (Å²) in [5.41, 5.74) is 1.68. The molecule has 2 N–H and O–H groups in total. The second kappa shape index (κ2) is 6.29. The zero-order valence-corrected chi connectivity index (χ0v) is 11.8. The van der Waals surface area contributed by atoms with E-state index in [1.807, 2.05) is 32.0 Å². The fourth-order valence-electron chi connectivity index (χ4n) is 1.54. The molecule has 0 bridgehead atoms. The van der Waals surface area contributed by atoms with Crippen LogP contribution in [0.15, 0.2) is 24.4 Å². The fraction of sp³-hybridized carbons (Fsp3) is 0.308. The first kappa shape index (κ1) is 13.5. The first-order chi connectivity index (χ1) is 9.19. The Hall–Kier alpha value is -1.95. The Morgan fingerprint density at radius 3 is 2.89 bits per heavy atom. The summed E-state index contributed by atoms with van der Waals surface area (Å²) in [5.74, 6) is 0. The summed E-state index contributed by atoms with van der Waals surface area (Å²) in [5, 5.41) is 7.41. The number of hydrogen-bond donors (Lipinski definition) is 2. The molecule has 0 unspecified atom stereocenters. The van der Waals surface area contributed by atoms with Gasteiger partial charge in [-0.3, -0.25) is 10.3 Å². The van der Waals surface area contributed by atoms with Gasteiger partial charge in [0, 0.05) is 6.20 Å². The van der Waals surface area contributed by atoms with Crippen molar-refractivity contribution in [3.05, 3.63) is 40.8 Å². The third-order valence-corrected chi connectivity index (χ3v) is 3.74. The minimum atomic E-state index is -0.236. The van der Waals surface area contributed by atoms with Crippen molar-refractivity contribution in [3.63, 3.8) is 0 Å². The lowest BCUT2D eigenvalue weighted by molar-refractivity contribution is 0.251. The summed E-state index contributed by atoms with van der Waals surface area (Å²) in [6.07, 6.45) is 2.58. The number of anilines is 1. The van der Waals surface area contributed by atoms with Crippen molar-refractivity contribution in [1.29, 1.82) is 0 Å². The number of pyridine rings is 1. The van der Waals surface area contributed by atoms with Gasteiger partial charge >= 0.3 is 6.03 Å². The van der Waals surface area contributed by atoms with E-state index < -0.39 is 0 Å². The molecule has 2 aromatic rings. The lowest BCUT2D eigenvalue weighted by atomic mass is 10.3. The van der Waals surface area contributed by atoms with Gasteiger partial charge in [-0.2, -0.15) is 0 Å². The van der Waals surface area contributed by atoms with Gasteiger partial charge in [0.25, 0.3) is 0 Å². The van der Waals surface area contributed by atoms with Gasteiger partial charge in [0.2, 0.25) is 0 Å². The van der Waals surface area contributed by atoms with E-state index in [4.69, 9.17) is 0 Å². The second-order valence-corrected chi connectivity index (χ2v) is 5.09. The highest BCUT2D eigenvalue weighted by Crippen LogP contribution is 2.23. The van der Waals surface area contributed by atoms with Gasteiger partial charge < -0.3 is 5.32 Å². The van der Waals surface area contributed by atoms with E-state index in [0.717, 1.165) is 27.8 Å². The van der Waals surface area contributed by atoms with Crippen LogP contribution in [-0.4, -0.2) is 16.0 Å². The van der Waals surface area contributed by atoms with Gasteiger partial charge in [-0.15, -0.1) is 11.3 Å². The van der Waals surface area contributed by atoms with Crippen LogP contribution in [-0.2, 0) is 13.0 Å². The average Bonchev–Trinajstić information content (AvgIpc) is 2.78. The predicted molar refractivity (Wildman–Crippen MR) is 76.3 cm³/mol. The fourth-order valence-corrected chi connectivity index (χ4v) is 2.44. The molecule has 0 atom stereocenters. The van der Waals surface area contributed by atoms with Crippen LogP contribution < -0.4 is 10.6 Å². The molecule has 0 aliphatic rings. The quantitative estimate of drug-likeness (QED) is 0.902. The van der Waals surface area contributed by atoms with Gasteiger partial charge in [-0.1, -0.05) is 13.0 Å². The van der Waals surface area contributed by atoms with Gasteiger partial charge in [0.1, 0.15) is 5.00 Å². The first-order valence-corrected chi connectivity index (χ1v) is 6.91. The molecule has 6 heteroatoms. The Morgan fingerprint density at radius 1 is 1.42 bits per heavy atom. The summed E-state index contributed by atoms with van der Waals surface area (Å²) in [7, 11) is 0. The summed E-state index contributed by atoms with van der Waals surface area (Å²) in [6, 6.07) is 5.37. The molecule has 5 nitrogen and oxygen atoms in total. The molecule has 2 rings (SSSR count). The molecule has 0 fully saturated rings. The molecule has 2 amide bonds. The summed E-state index contributed by atoms with van der Waals surface area (Å²) >= 11 is 1.51. The zero-order valence-electron chi connectivity index (χ0n) is 10.9. The van der Waals surface area contributed by atoms with Gasteiger partial charge in [-0.25, -0.2) is 9.78 Å². The van der Waals surface area contributed by atoms with Gasteiger partial charge in [0.15, 0.2) is 0 Å². The number of rotatable bonds is 4. The van der Waals surface area contributed by atoms with E-state index in [-0.39, 0.29) is 6.03 Å². The lowest BCUT2D eigenvalue weighted by Crippen LogP contribution is -2.28. The molecule has 19 heavy (non-hydrogen) atoms. The minimum Gasteiger partial charge on any atom is -0.332 e. The van der Waals surface area contributed by atoms with E-state index in [1.54, 1.807) is 6.20 Å². The van der Waals surface area contributed by atoms with Crippen LogP contribution in [0.25, 0.3) is 0 Å². The molecule has 0 saturated heterocycles. The number of amides is 2. The lowest BCUT2D eigenvalue weighted by Gasteiger charge is -2.05. The highest BCUT2D eigenvalue weighted by Gasteiger charge is 2.09. The highest BCUT2D eigenvalue weighted by molar-refractivity contribution is 7.16. The molecular weight excluding hydrogens is 260 g/mol. The molecule has 0 aliphatic heterocycles. The number of aromatic nitrogens is 2. The van der Waals surface area contributed by atoms with Crippen LogP contribution in [0.2, 0.25) is 0 Å². The number of thiazole rings is 1. The first-order valence-electron chi connectivity index (χ1n) is 6.10. The number of hydrogen-bond acceptors (Lipinski definition) is 4. The van der Waals surface area contributed by atoms with Crippen molar-refractivity contribution < 1.29 is 4.79 Å². The van der Waals surface area contributed by atoms with Crippen molar-refractivity contribution in [2.45, 2.75) is 26.8 Å². The summed E-state index contributed by atoms with van der Waals surface area (Å²) in [4.78, 5) is 20.3. The third kappa shape index (κ3) is 3.75.